The largest absolute Gasteiger partial charge is 0.312 e. The highest BCUT2D eigenvalue weighted by Gasteiger charge is 2.51. The smallest absolute Gasteiger partial charge is 0.127 e. The fourth-order valence-electron chi connectivity index (χ4n) is 3.28. The van der Waals surface area contributed by atoms with Crippen LogP contribution in [-0.4, -0.2) is 7.05 Å². The van der Waals surface area contributed by atoms with Crippen LogP contribution in [-0.2, 0) is 5.41 Å². The van der Waals surface area contributed by atoms with E-state index in [0.29, 0.717) is 10.6 Å². The molecule has 0 heterocycles. The molecule has 110 valence electrons. The van der Waals surface area contributed by atoms with Gasteiger partial charge in [-0.2, -0.15) is 0 Å². The van der Waals surface area contributed by atoms with E-state index < -0.39 is 0 Å². The van der Waals surface area contributed by atoms with Gasteiger partial charge in [-0.1, -0.05) is 48.0 Å². The molecule has 2 aromatic rings. The third kappa shape index (κ3) is 2.47. The first-order valence-corrected chi connectivity index (χ1v) is 7.64. The molecule has 3 heteroatoms. The number of benzene rings is 2. The van der Waals surface area contributed by atoms with Crippen LogP contribution in [0.3, 0.4) is 0 Å². The summed E-state index contributed by atoms with van der Waals surface area (Å²) in [6, 6.07) is 13.9. The highest BCUT2D eigenvalue weighted by atomic mass is 35.5. The summed E-state index contributed by atoms with van der Waals surface area (Å²) in [5.41, 5.74) is 3.02. The van der Waals surface area contributed by atoms with Gasteiger partial charge in [-0.15, -0.1) is 0 Å². The second-order valence-corrected chi connectivity index (χ2v) is 6.27. The van der Waals surface area contributed by atoms with Crippen molar-refractivity contribution < 1.29 is 4.39 Å². The first kappa shape index (κ1) is 14.6. The van der Waals surface area contributed by atoms with Gasteiger partial charge in [0.2, 0.25) is 0 Å². The van der Waals surface area contributed by atoms with Gasteiger partial charge >= 0.3 is 0 Å². The molecule has 1 saturated carbocycles. The number of rotatable bonds is 4. The van der Waals surface area contributed by atoms with Crippen LogP contribution in [0, 0.1) is 12.7 Å². The van der Waals surface area contributed by atoms with Crippen LogP contribution in [0.15, 0.2) is 42.5 Å². The zero-order valence-corrected chi connectivity index (χ0v) is 13.0. The topological polar surface area (TPSA) is 12.0 Å². The average molecular weight is 304 g/mol. The maximum Gasteiger partial charge on any atom is 0.127 e. The molecule has 21 heavy (non-hydrogen) atoms. The highest BCUT2D eigenvalue weighted by Crippen LogP contribution is 2.57. The van der Waals surface area contributed by atoms with Gasteiger partial charge in [0.25, 0.3) is 0 Å². The number of hydrogen-bond acceptors (Lipinski definition) is 1. The molecule has 1 fully saturated rings. The van der Waals surface area contributed by atoms with E-state index in [-0.39, 0.29) is 17.3 Å². The molecule has 3 rings (SSSR count). The quantitative estimate of drug-likeness (QED) is 0.857. The van der Waals surface area contributed by atoms with Crippen molar-refractivity contribution in [3.8, 4) is 0 Å². The van der Waals surface area contributed by atoms with Crippen molar-refractivity contribution in [2.75, 3.05) is 7.05 Å². The normalized spacial score (nSPS) is 17.5. The van der Waals surface area contributed by atoms with Crippen molar-refractivity contribution in [1.82, 2.24) is 5.32 Å². The monoisotopic (exact) mass is 303 g/mol. The Morgan fingerprint density at radius 3 is 2.43 bits per heavy atom. The Kier molecular flexibility index (Phi) is 3.76. The van der Waals surface area contributed by atoms with Crippen LogP contribution in [0.2, 0.25) is 5.02 Å². The lowest BCUT2D eigenvalue weighted by atomic mass is 9.83. The highest BCUT2D eigenvalue weighted by molar-refractivity contribution is 6.31. The fourth-order valence-corrected chi connectivity index (χ4v) is 3.54. The first-order valence-electron chi connectivity index (χ1n) is 7.27. The maximum absolute atomic E-state index is 13.7. The second-order valence-electron chi connectivity index (χ2n) is 5.87. The predicted molar refractivity (Wildman–Crippen MR) is 85.3 cm³/mol. The zero-order chi connectivity index (χ0) is 15.0. The minimum Gasteiger partial charge on any atom is -0.312 e. The van der Waals surface area contributed by atoms with Gasteiger partial charge < -0.3 is 5.32 Å². The van der Waals surface area contributed by atoms with E-state index >= 15 is 0 Å². The first-order chi connectivity index (χ1) is 10.1. The standard InChI is InChI=1S/C18H19ClFN/c1-12-10-14(15(19)11-16(12)20)17(21-2)18(8-9-18)13-6-4-3-5-7-13/h3-7,10-11,17,21H,8-9H2,1-2H3. The summed E-state index contributed by atoms with van der Waals surface area (Å²) in [5.74, 6) is -0.247. The summed E-state index contributed by atoms with van der Waals surface area (Å²) in [5, 5.41) is 3.90. The Hall–Kier alpha value is -1.38. The van der Waals surface area contributed by atoms with Crippen molar-refractivity contribution in [3.05, 3.63) is 70.0 Å². The third-order valence-electron chi connectivity index (χ3n) is 4.57. The Morgan fingerprint density at radius 1 is 1.19 bits per heavy atom. The molecule has 2 aromatic carbocycles. The lowest BCUT2D eigenvalue weighted by molar-refractivity contribution is 0.462. The van der Waals surface area contributed by atoms with Crippen LogP contribution in [0.25, 0.3) is 0 Å². The molecular weight excluding hydrogens is 285 g/mol. The lowest BCUT2D eigenvalue weighted by Gasteiger charge is -2.29. The Morgan fingerprint density at radius 2 is 1.86 bits per heavy atom. The summed E-state index contributed by atoms with van der Waals surface area (Å²) in [6.07, 6.45) is 2.24. The molecule has 0 saturated heterocycles. The van der Waals surface area contributed by atoms with Crippen LogP contribution < -0.4 is 5.32 Å². The number of nitrogens with one attached hydrogen (secondary N) is 1. The predicted octanol–water partition coefficient (Wildman–Crippen LogP) is 4.78. The van der Waals surface area contributed by atoms with E-state index in [2.05, 4.69) is 29.6 Å². The van der Waals surface area contributed by atoms with Crippen LogP contribution in [0.4, 0.5) is 4.39 Å². The van der Waals surface area contributed by atoms with E-state index in [4.69, 9.17) is 11.6 Å². The lowest BCUT2D eigenvalue weighted by Crippen LogP contribution is -2.30. The van der Waals surface area contributed by atoms with Crippen LogP contribution in [0.1, 0.15) is 35.6 Å². The number of likely N-dealkylation sites (N-methyl/N-ethyl adjacent to an activating group) is 1. The SMILES string of the molecule is CNC(c1cc(C)c(F)cc1Cl)C1(c2ccccc2)CC1. The van der Waals surface area contributed by atoms with Crippen molar-refractivity contribution >= 4 is 11.6 Å². The molecule has 1 nitrogen and oxygen atoms in total. The van der Waals surface area contributed by atoms with Gasteiger partial charge in [-0.3, -0.25) is 0 Å². The van der Waals surface area contributed by atoms with Gasteiger partial charge in [0.1, 0.15) is 5.82 Å². The van der Waals surface area contributed by atoms with Gasteiger partial charge in [0.15, 0.2) is 0 Å². The van der Waals surface area contributed by atoms with Gasteiger partial charge in [0, 0.05) is 16.5 Å². The van der Waals surface area contributed by atoms with Crippen molar-refractivity contribution in [3.63, 3.8) is 0 Å². The molecular formula is C18H19ClFN. The van der Waals surface area contributed by atoms with Gasteiger partial charge in [-0.25, -0.2) is 4.39 Å². The molecule has 1 atom stereocenters. The molecule has 1 aliphatic rings. The summed E-state index contributed by atoms with van der Waals surface area (Å²) >= 11 is 6.32. The summed E-state index contributed by atoms with van der Waals surface area (Å²) in [6.45, 7) is 1.78. The maximum atomic E-state index is 13.7. The van der Waals surface area contributed by atoms with E-state index in [1.54, 1.807) is 6.92 Å². The molecule has 0 aliphatic heterocycles. The minimum absolute atomic E-state index is 0.0733. The number of hydrogen-bond donors (Lipinski definition) is 1. The molecule has 0 spiro atoms. The van der Waals surface area contributed by atoms with Crippen LogP contribution in [0.5, 0.6) is 0 Å². The molecule has 0 aromatic heterocycles. The zero-order valence-electron chi connectivity index (χ0n) is 12.3. The van der Waals surface area contributed by atoms with E-state index in [0.717, 1.165) is 18.4 Å². The van der Waals surface area contributed by atoms with E-state index in [1.807, 2.05) is 19.2 Å². The van der Waals surface area contributed by atoms with E-state index in [1.165, 1.54) is 11.6 Å². The molecule has 1 aliphatic carbocycles. The van der Waals surface area contributed by atoms with Crippen molar-refractivity contribution in [1.29, 1.82) is 0 Å². The fraction of sp³-hybridized carbons (Fsp3) is 0.333. The Balaban J connectivity index is 2.06. The molecule has 0 radical (unpaired) electrons. The summed E-state index contributed by atoms with van der Waals surface area (Å²) in [7, 11) is 1.95. The number of aryl methyl sites for hydroxylation is 1. The molecule has 0 bridgehead atoms. The van der Waals surface area contributed by atoms with Gasteiger partial charge in [0.05, 0.1) is 0 Å². The minimum atomic E-state index is -0.247. The Labute approximate surface area is 130 Å². The third-order valence-corrected chi connectivity index (χ3v) is 4.89. The van der Waals surface area contributed by atoms with Gasteiger partial charge in [-0.05, 0) is 49.6 Å². The van der Waals surface area contributed by atoms with Crippen LogP contribution >= 0.6 is 11.6 Å². The molecule has 1 unspecified atom stereocenters. The van der Waals surface area contributed by atoms with E-state index in [9.17, 15) is 4.39 Å². The molecule has 1 N–H and O–H groups in total. The molecule has 0 amide bonds. The average Bonchev–Trinajstić information content (AvgIpc) is 3.28. The van der Waals surface area contributed by atoms with Crippen molar-refractivity contribution in [2.45, 2.75) is 31.2 Å². The van der Waals surface area contributed by atoms with Crippen molar-refractivity contribution in [2.24, 2.45) is 0 Å². The Bertz CT molecular complexity index is 650. The summed E-state index contributed by atoms with van der Waals surface area (Å²) in [4.78, 5) is 0. The summed E-state index contributed by atoms with van der Waals surface area (Å²) < 4.78 is 13.7. The second kappa shape index (κ2) is 5.43. The number of halogens is 2.